The minimum atomic E-state index is -3.77. The highest BCUT2D eigenvalue weighted by Crippen LogP contribution is 2.14. The van der Waals surface area contributed by atoms with Crippen molar-refractivity contribution in [1.82, 2.24) is 4.72 Å². The summed E-state index contributed by atoms with van der Waals surface area (Å²) in [6.45, 7) is 4.94. The maximum absolute atomic E-state index is 12.3. The lowest BCUT2D eigenvalue weighted by Gasteiger charge is -2.14. The Morgan fingerprint density at radius 1 is 1.15 bits per heavy atom. The lowest BCUT2D eigenvalue weighted by atomic mass is 10.2. The monoisotopic (exact) mass is 388 g/mol. The number of carbonyl (C=O) groups is 2. The number of amides is 1. The summed E-state index contributed by atoms with van der Waals surface area (Å²) in [7, 11) is -3.77. The first kappa shape index (κ1) is 20.3. The Morgan fingerprint density at radius 2 is 1.85 bits per heavy atom. The van der Waals surface area contributed by atoms with Crippen LogP contribution >= 0.6 is 0 Å². The third kappa shape index (κ3) is 5.77. The third-order valence-corrected chi connectivity index (χ3v) is 4.91. The van der Waals surface area contributed by atoms with Crippen LogP contribution in [-0.2, 0) is 19.6 Å². The number of sulfonamides is 1. The molecule has 1 amide bonds. The molecule has 0 fully saturated rings. The van der Waals surface area contributed by atoms with Crippen molar-refractivity contribution in [3.63, 3.8) is 0 Å². The molecule has 1 atom stereocenters. The molecule has 0 aliphatic carbocycles. The molecule has 0 heterocycles. The van der Waals surface area contributed by atoms with Gasteiger partial charge in [-0.25, -0.2) is 17.9 Å². The van der Waals surface area contributed by atoms with Gasteiger partial charge in [-0.15, -0.1) is 6.58 Å². The van der Waals surface area contributed by atoms with Crippen molar-refractivity contribution in [3.8, 4) is 0 Å². The second-order valence-electron chi connectivity index (χ2n) is 5.57. The first-order chi connectivity index (χ1) is 12.8. The number of rotatable bonds is 8. The van der Waals surface area contributed by atoms with E-state index < -0.39 is 28.0 Å². The van der Waals surface area contributed by atoms with Crippen molar-refractivity contribution in [1.29, 1.82) is 0 Å². The molecule has 0 aliphatic heterocycles. The highest BCUT2D eigenvalue weighted by atomic mass is 32.2. The molecule has 0 aliphatic rings. The molecule has 0 aromatic heterocycles. The van der Waals surface area contributed by atoms with Crippen LogP contribution in [0.1, 0.15) is 17.3 Å². The van der Waals surface area contributed by atoms with Crippen molar-refractivity contribution < 1.29 is 22.7 Å². The summed E-state index contributed by atoms with van der Waals surface area (Å²) >= 11 is 0. The Balaban J connectivity index is 2.06. The van der Waals surface area contributed by atoms with Gasteiger partial charge in [-0.1, -0.05) is 30.3 Å². The van der Waals surface area contributed by atoms with Crippen LogP contribution in [0.25, 0.3) is 0 Å². The number of ether oxygens (including phenoxy) is 1. The molecule has 0 unspecified atom stereocenters. The molecule has 2 rings (SSSR count). The van der Waals surface area contributed by atoms with E-state index in [2.05, 4.69) is 16.6 Å². The second-order valence-corrected chi connectivity index (χ2v) is 7.34. The van der Waals surface area contributed by atoms with E-state index in [1.54, 1.807) is 24.3 Å². The molecule has 2 N–H and O–H groups in total. The van der Waals surface area contributed by atoms with Crippen LogP contribution in [0.15, 0.2) is 72.1 Å². The minimum absolute atomic E-state index is 0.0239. The fourth-order valence-corrected chi connectivity index (χ4v) is 3.13. The van der Waals surface area contributed by atoms with Gasteiger partial charge in [0.15, 0.2) is 6.10 Å². The largest absolute Gasteiger partial charge is 0.449 e. The first-order valence-electron chi connectivity index (χ1n) is 8.11. The number of hydrogen-bond acceptors (Lipinski definition) is 5. The molecular formula is C19H20N2O5S. The van der Waals surface area contributed by atoms with Gasteiger partial charge in [0, 0.05) is 12.2 Å². The summed E-state index contributed by atoms with van der Waals surface area (Å²) in [5.74, 6) is -1.29. The van der Waals surface area contributed by atoms with E-state index in [4.69, 9.17) is 4.74 Å². The normalized spacial score (nSPS) is 12.0. The van der Waals surface area contributed by atoms with Crippen molar-refractivity contribution in [2.24, 2.45) is 0 Å². The maximum atomic E-state index is 12.3. The van der Waals surface area contributed by atoms with Crippen molar-refractivity contribution in [3.05, 3.63) is 72.8 Å². The van der Waals surface area contributed by atoms with Crippen LogP contribution in [0.5, 0.6) is 0 Å². The standard InChI is InChI=1S/C19H20N2O5S/c1-3-12-20-27(24,25)17-11-7-8-15(13-17)19(23)26-14(2)18(22)21-16-9-5-4-6-10-16/h3-11,13-14,20H,1,12H2,2H3,(H,21,22)/t14-/m1/s1. The molecular weight excluding hydrogens is 368 g/mol. The molecule has 0 radical (unpaired) electrons. The Bertz CT molecular complexity index is 926. The van der Waals surface area contributed by atoms with E-state index in [0.717, 1.165) is 0 Å². The number of para-hydroxylation sites is 1. The SMILES string of the molecule is C=CCNS(=O)(=O)c1cccc(C(=O)O[C@H](C)C(=O)Nc2ccccc2)c1. The van der Waals surface area contributed by atoms with E-state index in [0.29, 0.717) is 5.69 Å². The summed E-state index contributed by atoms with van der Waals surface area (Å²) in [5.41, 5.74) is 0.600. The topological polar surface area (TPSA) is 102 Å². The molecule has 27 heavy (non-hydrogen) atoms. The fraction of sp³-hybridized carbons (Fsp3) is 0.158. The average molecular weight is 388 g/mol. The van der Waals surface area contributed by atoms with Gasteiger partial charge in [-0.2, -0.15) is 0 Å². The Morgan fingerprint density at radius 3 is 2.52 bits per heavy atom. The minimum Gasteiger partial charge on any atom is -0.449 e. The van der Waals surface area contributed by atoms with Gasteiger partial charge in [0.05, 0.1) is 10.5 Å². The van der Waals surface area contributed by atoms with E-state index in [9.17, 15) is 18.0 Å². The Labute approximate surface area is 158 Å². The lowest BCUT2D eigenvalue weighted by molar-refractivity contribution is -0.123. The van der Waals surface area contributed by atoms with E-state index >= 15 is 0 Å². The smallest absolute Gasteiger partial charge is 0.338 e. The number of hydrogen-bond donors (Lipinski definition) is 2. The first-order valence-corrected chi connectivity index (χ1v) is 9.59. The summed E-state index contributed by atoms with van der Waals surface area (Å²) in [6, 6.07) is 14.1. The predicted molar refractivity (Wildman–Crippen MR) is 102 cm³/mol. The highest BCUT2D eigenvalue weighted by Gasteiger charge is 2.21. The predicted octanol–water partition coefficient (Wildman–Crippen LogP) is 2.33. The fourth-order valence-electron chi connectivity index (χ4n) is 2.09. The lowest BCUT2D eigenvalue weighted by Crippen LogP contribution is -2.30. The summed E-state index contributed by atoms with van der Waals surface area (Å²) in [4.78, 5) is 24.3. The van der Waals surface area contributed by atoms with Crippen LogP contribution < -0.4 is 10.0 Å². The van der Waals surface area contributed by atoms with Crippen LogP contribution in [0.2, 0.25) is 0 Å². The zero-order chi connectivity index (χ0) is 19.9. The third-order valence-electron chi connectivity index (χ3n) is 3.49. The molecule has 0 saturated carbocycles. The molecule has 0 bridgehead atoms. The van der Waals surface area contributed by atoms with Gasteiger partial charge >= 0.3 is 5.97 Å². The van der Waals surface area contributed by atoms with Crippen molar-refractivity contribution >= 4 is 27.6 Å². The van der Waals surface area contributed by atoms with Gasteiger partial charge < -0.3 is 10.1 Å². The highest BCUT2D eigenvalue weighted by molar-refractivity contribution is 7.89. The number of nitrogens with one attached hydrogen (secondary N) is 2. The molecule has 2 aromatic rings. The number of carbonyl (C=O) groups excluding carboxylic acids is 2. The average Bonchev–Trinajstić information content (AvgIpc) is 2.67. The number of benzene rings is 2. The molecule has 142 valence electrons. The molecule has 2 aromatic carbocycles. The van der Waals surface area contributed by atoms with E-state index in [1.165, 1.54) is 37.3 Å². The number of esters is 1. The molecule has 0 spiro atoms. The van der Waals surface area contributed by atoms with E-state index in [-0.39, 0.29) is 17.0 Å². The van der Waals surface area contributed by atoms with Gasteiger partial charge in [0.25, 0.3) is 5.91 Å². The van der Waals surface area contributed by atoms with Gasteiger partial charge in [-0.3, -0.25) is 4.79 Å². The Kier molecular flexibility index (Phi) is 6.86. The van der Waals surface area contributed by atoms with Crippen LogP contribution in [0.3, 0.4) is 0 Å². The summed E-state index contributed by atoms with van der Waals surface area (Å²) in [6.07, 6.45) is 0.347. The summed E-state index contributed by atoms with van der Waals surface area (Å²) in [5, 5.41) is 2.63. The van der Waals surface area contributed by atoms with Crippen LogP contribution in [-0.4, -0.2) is 32.9 Å². The zero-order valence-electron chi connectivity index (χ0n) is 14.7. The van der Waals surface area contributed by atoms with Crippen molar-refractivity contribution in [2.75, 3.05) is 11.9 Å². The van der Waals surface area contributed by atoms with E-state index in [1.807, 2.05) is 6.07 Å². The molecule has 7 nitrogen and oxygen atoms in total. The van der Waals surface area contributed by atoms with Crippen LogP contribution in [0, 0.1) is 0 Å². The molecule has 0 saturated heterocycles. The zero-order valence-corrected chi connectivity index (χ0v) is 15.5. The molecule has 8 heteroatoms. The quantitative estimate of drug-likeness (QED) is 0.534. The number of anilines is 1. The van der Waals surface area contributed by atoms with Crippen molar-refractivity contribution in [2.45, 2.75) is 17.9 Å². The maximum Gasteiger partial charge on any atom is 0.338 e. The second kappa shape index (κ2) is 9.11. The van der Waals surface area contributed by atoms with Gasteiger partial charge in [0.1, 0.15) is 0 Å². The van der Waals surface area contributed by atoms with Gasteiger partial charge in [0.2, 0.25) is 10.0 Å². The van der Waals surface area contributed by atoms with Crippen LogP contribution in [0.4, 0.5) is 5.69 Å². The summed E-state index contributed by atoms with van der Waals surface area (Å²) < 4.78 is 31.7. The Hall–Kier alpha value is -2.97. The van der Waals surface area contributed by atoms with Gasteiger partial charge in [-0.05, 0) is 37.3 Å².